The van der Waals surface area contributed by atoms with Gasteiger partial charge >= 0.3 is 0 Å². The quantitative estimate of drug-likeness (QED) is 0.848. The molecule has 142 valence electrons. The normalized spacial score (nSPS) is 17.8. The van der Waals surface area contributed by atoms with Gasteiger partial charge in [-0.25, -0.2) is 0 Å². The Kier molecular flexibility index (Phi) is 5.94. The number of nitrogens with zero attached hydrogens (tertiary/aromatic N) is 1. The van der Waals surface area contributed by atoms with Crippen LogP contribution >= 0.6 is 0 Å². The molecule has 1 saturated heterocycles. The molecule has 0 saturated carbocycles. The molecule has 4 nitrogen and oxygen atoms in total. The molecule has 27 heavy (non-hydrogen) atoms. The molecule has 0 bridgehead atoms. The maximum atomic E-state index is 12.7. The van der Waals surface area contributed by atoms with Gasteiger partial charge in [0.05, 0.1) is 5.92 Å². The van der Waals surface area contributed by atoms with Crippen LogP contribution in [-0.2, 0) is 16.0 Å². The zero-order valence-corrected chi connectivity index (χ0v) is 16.4. The van der Waals surface area contributed by atoms with Gasteiger partial charge in [0.15, 0.2) is 0 Å². The zero-order valence-electron chi connectivity index (χ0n) is 16.4. The van der Waals surface area contributed by atoms with Crippen LogP contribution in [0.4, 0.5) is 5.69 Å². The Labute approximate surface area is 161 Å². The Morgan fingerprint density at radius 1 is 1.19 bits per heavy atom. The van der Waals surface area contributed by atoms with Crippen molar-refractivity contribution in [3.63, 3.8) is 0 Å². The van der Waals surface area contributed by atoms with Crippen LogP contribution in [-0.4, -0.2) is 24.4 Å². The van der Waals surface area contributed by atoms with Gasteiger partial charge in [-0.15, -0.1) is 0 Å². The van der Waals surface area contributed by atoms with Crippen molar-refractivity contribution in [1.82, 2.24) is 5.32 Å². The topological polar surface area (TPSA) is 49.4 Å². The molecule has 1 heterocycles. The van der Waals surface area contributed by atoms with Crippen LogP contribution in [0.3, 0.4) is 0 Å². The summed E-state index contributed by atoms with van der Waals surface area (Å²) in [6.07, 6.45) is 2.10. The van der Waals surface area contributed by atoms with Crippen LogP contribution in [0.25, 0.3) is 0 Å². The number of carbonyl (C=O) groups is 2. The van der Waals surface area contributed by atoms with Gasteiger partial charge in [0, 0.05) is 24.7 Å². The van der Waals surface area contributed by atoms with Crippen molar-refractivity contribution in [2.24, 2.45) is 5.92 Å². The van der Waals surface area contributed by atoms with Crippen molar-refractivity contribution in [2.75, 3.05) is 11.4 Å². The maximum absolute atomic E-state index is 12.7. The lowest BCUT2D eigenvalue weighted by Gasteiger charge is -2.20. The number of anilines is 1. The van der Waals surface area contributed by atoms with E-state index < -0.39 is 0 Å². The van der Waals surface area contributed by atoms with E-state index in [1.54, 1.807) is 4.90 Å². The second kappa shape index (κ2) is 8.38. The third-order valence-corrected chi connectivity index (χ3v) is 5.25. The molecule has 4 heteroatoms. The van der Waals surface area contributed by atoms with E-state index in [-0.39, 0.29) is 30.2 Å². The lowest BCUT2D eigenvalue weighted by molar-refractivity contribution is -0.126. The zero-order chi connectivity index (χ0) is 19.4. The van der Waals surface area contributed by atoms with E-state index >= 15 is 0 Å². The largest absolute Gasteiger partial charge is 0.353 e. The highest BCUT2D eigenvalue weighted by atomic mass is 16.2. The predicted octanol–water partition coefficient (Wildman–Crippen LogP) is 3.79. The van der Waals surface area contributed by atoms with Gasteiger partial charge in [0.25, 0.3) is 0 Å². The van der Waals surface area contributed by atoms with E-state index in [4.69, 9.17) is 0 Å². The number of aryl methyl sites for hydroxylation is 3. The Morgan fingerprint density at radius 3 is 2.67 bits per heavy atom. The minimum absolute atomic E-state index is 0.0169. The number of amides is 2. The van der Waals surface area contributed by atoms with Crippen LogP contribution in [0.15, 0.2) is 48.5 Å². The van der Waals surface area contributed by atoms with E-state index in [0.717, 1.165) is 29.7 Å². The van der Waals surface area contributed by atoms with Crippen LogP contribution < -0.4 is 10.2 Å². The van der Waals surface area contributed by atoms with Crippen LogP contribution in [0.5, 0.6) is 0 Å². The first kappa shape index (κ1) is 19.2. The fourth-order valence-electron chi connectivity index (χ4n) is 3.59. The monoisotopic (exact) mass is 364 g/mol. The first-order valence-electron chi connectivity index (χ1n) is 9.66. The summed E-state index contributed by atoms with van der Waals surface area (Å²) in [7, 11) is 0. The van der Waals surface area contributed by atoms with Crippen molar-refractivity contribution in [2.45, 2.75) is 46.1 Å². The van der Waals surface area contributed by atoms with Crippen molar-refractivity contribution in [3.8, 4) is 0 Å². The van der Waals surface area contributed by atoms with Gasteiger partial charge in [-0.3, -0.25) is 9.59 Å². The van der Waals surface area contributed by atoms with Crippen molar-refractivity contribution in [1.29, 1.82) is 0 Å². The van der Waals surface area contributed by atoms with E-state index in [9.17, 15) is 9.59 Å². The molecule has 2 unspecified atom stereocenters. The maximum Gasteiger partial charge on any atom is 0.227 e. The van der Waals surface area contributed by atoms with Crippen molar-refractivity contribution in [3.05, 3.63) is 65.2 Å². The SMILES string of the molecule is Cc1ccc(C)c(N2CC(C(=O)NC(C)CCc3ccccc3)CC2=O)c1. The summed E-state index contributed by atoms with van der Waals surface area (Å²) in [6.45, 7) is 6.50. The third-order valence-electron chi connectivity index (χ3n) is 5.25. The Balaban J connectivity index is 1.56. The molecule has 2 aromatic carbocycles. The number of carbonyl (C=O) groups excluding carboxylic acids is 2. The van der Waals surface area contributed by atoms with Gasteiger partial charge in [-0.05, 0) is 56.4 Å². The van der Waals surface area contributed by atoms with Gasteiger partial charge in [0.2, 0.25) is 11.8 Å². The predicted molar refractivity (Wildman–Crippen MR) is 109 cm³/mol. The summed E-state index contributed by atoms with van der Waals surface area (Å²) < 4.78 is 0. The summed E-state index contributed by atoms with van der Waals surface area (Å²) in [5.41, 5.74) is 4.38. The number of benzene rings is 2. The lowest BCUT2D eigenvalue weighted by Crippen LogP contribution is -2.38. The summed E-state index contributed by atoms with van der Waals surface area (Å²) >= 11 is 0. The second-order valence-electron chi connectivity index (χ2n) is 7.63. The van der Waals surface area contributed by atoms with Gasteiger partial charge < -0.3 is 10.2 Å². The second-order valence-corrected chi connectivity index (χ2v) is 7.63. The van der Waals surface area contributed by atoms with Crippen LogP contribution in [0.2, 0.25) is 0 Å². The van der Waals surface area contributed by atoms with Gasteiger partial charge in [0.1, 0.15) is 0 Å². The molecule has 1 N–H and O–H groups in total. The third kappa shape index (κ3) is 4.76. The van der Waals surface area contributed by atoms with Crippen molar-refractivity contribution >= 4 is 17.5 Å². The molecule has 0 aromatic heterocycles. The summed E-state index contributed by atoms with van der Waals surface area (Å²) in [4.78, 5) is 26.9. The van der Waals surface area contributed by atoms with Crippen molar-refractivity contribution < 1.29 is 9.59 Å². The number of nitrogens with one attached hydrogen (secondary N) is 1. The molecule has 0 spiro atoms. The molecule has 0 radical (unpaired) electrons. The molecule has 2 atom stereocenters. The average Bonchev–Trinajstić information content (AvgIpc) is 3.04. The molecule has 1 fully saturated rings. The Bertz CT molecular complexity index is 816. The number of hydrogen-bond acceptors (Lipinski definition) is 2. The first-order valence-corrected chi connectivity index (χ1v) is 9.66. The van der Waals surface area contributed by atoms with Crippen LogP contribution in [0.1, 0.15) is 36.5 Å². The number of rotatable bonds is 6. The molecule has 0 aliphatic carbocycles. The molecular formula is C23H28N2O2. The van der Waals surface area contributed by atoms with E-state index in [1.807, 2.05) is 57.2 Å². The minimum atomic E-state index is -0.281. The summed E-state index contributed by atoms with van der Waals surface area (Å²) in [5, 5.41) is 3.09. The first-order chi connectivity index (χ1) is 12.9. The fourth-order valence-corrected chi connectivity index (χ4v) is 3.59. The smallest absolute Gasteiger partial charge is 0.227 e. The van der Waals surface area contributed by atoms with E-state index in [1.165, 1.54) is 5.56 Å². The molecule has 2 amide bonds. The fraction of sp³-hybridized carbons (Fsp3) is 0.391. The van der Waals surface area contributed by atoms with E-state index in [2.05, 4.69) is 17.4 Å². The summed E-state index contributed by atoms with van der Waals surface area (Å²) in [5.74, 6) is -0.269. The highest BCUT2D eigenvalue weighted by molar-refractivity contribution is 6.00. The standard InChI is InChI=1S/C23H28N2O2/c1-16-9-10-17(2)21(13-16)25-15-20(14-22(25)26)23(27)24-18(3)11-12-19-7-5-4-6-8-19/h4-10,13,18,20H,11-12,14-15H2,1-3H3,(H,24,27). The Hall–Kier alpha value is -2.62. The highest BCUT2D eigenvalue weighted by Gasteiger charge is 2.36. The molecule has 2 aromatic rings. The molecular weight excluding hydrogens is 336 g/mol. The Morgan fingerprint density at radius 2 is 1.93 bits per heavy atom. The van der Waals surface area contributed by atoms with Gasteiger partial charge in [-0.2, -0.15) is 0 Å². The average molecular weight is 364 g/mol. The van der Waals surface area contributed by atoms with Crippen LogP contribution in [0, 0.1) is 19.8 Å². The number of hydrogen-bond donors (Lipinski definition) is 1. The minimum Gasteiger partial charge on any atom is -0.353 e. The molecule has 1 aliphatic heterocycles. The highest BCUT2D eigenvalue weighted by Crippen LogP contribution is 2.29. The van der Waals surface area contributed by atoms with Gasteiger partial charge in [-0.1, -0.05) is 42.5 Å². The molecule has 1 aliphatic rings. The van der Waals surface area contributed by atoms with E-state index in [0.29, 0.717) is 6.54 Å². The summed E-state index contributed by atoms with van der Waals surface area (Å²) in [6, 6.07) is 16.5. The lowest BCUT2D eigenvalue weighted by atomic mass is 10.0. The molecule has 3 rings (SSSR count).